The Hall–Kier alpha value is -0.780. The minimum atomic E-state index is 1.08. The summed E-state index contributed by atoms with van der Waals surface area (Å²) in [5.74, 6) is 0. The fourth-order valence-corrected chi connectivity index (χ4v) is 1.12. The maximum absolute atomic E-state index is 2.26. The molecule has 0 aliphatic rings. The van der Waals surface area contributed by atoms with Gasteiger partial charge in [0, 0.05) is 0 Å². The molecule has 0 saturated carbocycles. The van der Waals surface area contributed by atoms with Crippen molar-refractivity contribution in [3.63, 3.8) is 0 Å². The van der Waals surface area contributed by atoms with E-state index < -0.39 is 0 Å². The predicted octanol–water partition coefficient (Wildman–Crippen LogP) is 4.65. The van der Waals surface area contributed by atoms with E-state index in [4.69, 9.17) is 0 Å². The first kappa shape index (κ1) is 12.2. The molecular weight excluding hydrogens is 156 g/mol. The van der Waals surface area contributed by atoms with Gasteiger partial charge in [-0.1, -0.05) is 49.3 Å². The second-order valence-corrected chi connectivity index (χ2v) is 3.32. The standard InChI is InChI=1S/C13H22/c1-5-8-9-12(4)10-11-13(6-2)7-3/h5,8,10-11H,6-7,9H2,1-4H3/b8-5-,12-10+. The van der Waals surface area contributed by atoms with Crippen LogP contribution in [0.4, 0.5) is 0 Å². The van der Waals surface area contributed by atoms with Gasteiger partial charge in [-0.15, -0.1) is 0 Å². The molecule has 74 valence electrons. The molecule has 0 aromatic heterocycles. The molecule has 0 aliphatic heterocycles. The van der Waals surface area contributed by atoms with E-state index in [0.717, 1.165) is 6.42 Å². The highest BCUT2D eigenvalue weighted by Crippen LogP contribution is 2.08. The molecule has 0 atom stereocenters. The molecule has 0 saturated heterocycles. The Morgan fingerprint density at radius 1 is 1.08 bits per heavy atom. The normalized spacial score (nSPS) is 12.2. The van der Waals surface area contributed by atoms with Gasteiger partial charge in [-0.2, -0.15) is 0 Å². The Labute approximate surface area is 83.0 Å². The smallest absolute Gasteiger partial charge is 0.0139 e. The summed E-state index contributed by atoms with van der Waals surface area (Å²) >= 11 is 0. The second kappa shape index (κ2) is 7.85. The molecule has 0 fully saturated rings. The molecule has 13 heavy (non-hydrogen) atoms. The van der Waals surface area contributed by atoms with Crippen molar-refractivity contribution in [2.45, 2.75) is 47.0 Å². The van der Waals surface area contributed by atoms with Crippen LogP contribution in [-0.4, -0.2) is 0 Å². The van der Waals surface area contributed by atoms with E-state index in [1.807, 2.05) is 0 Å². The molecule has 0 aromatic rings. The van der Waals surface area contributed by atoms with Crippen LogP contribution in [0, 0.1) is 0 Å². The average Bonchev–Trinajstić information content (AvgIpc) is 2.16. The molecule has 0 spiro atoms. The highest BCUT2D eigenvalue weighted by Gasteiger charge is 1.87. The van der Waals surface area contributed by atoms with Crippen LogP contribution in [0.15, 0.2) is 35.5 Å². The molecule has 0 rings (SSSR count). The molecule has 0 heteroatoms. The molecular formula is C13H22. The minimum absolute atomic E-state index is 1.08. The molecule has 0 unspecified atom stereocenters. The van der Waals surface area contributed by atoms with E-state index in [2.05, 4.69) is 52.0 Å². The first-order chi connectivity index (χ1) is 6.24. The van der Waals surface area contributed by atoms with Crippen molar-refractivity contribution in [2.24, 2.45) is 0 Å². The van der Waals surface area contributed by atoms with Crippen molar-refractivity contribution in [2.75, 3.05) is 0 Å². The molecule has 0 radical (unpaired) electrons. The van der Waals surface area contributed by atoms with E-state index in [-0.39, 0.29) is 0 Å². The zero-order valence-corrected chi connectivity index (χ0v) is 9.43. The van der Waals surface area contributed by atoms with Crippen molar-refractivity contribution in [1.29, 1.82) is 0 Å². The molecule has 0 heterocycles. The summed E-state index contributed by atoms with van der Waals surface area (Å²) in [6.07, 6.45) is 12.2. The lowest BCUT2D eigenvalue weighted by molar-refractivity contribution is 0.977. The first-order valence-electron chi connectivity index (χ1n) is 5.20. The van der Waals surface area contributed by atoms with Crippen molar-refractivity contribution in [3.8, 4) is 0 Å². The van der Waals surface area contributed by atoms with Crippen LogP contribution in [0.2, 0.25) is 0 Å². The number of rotatable bonds is 5. The van der Waals surface area contributed by atoms with Gasteiger partial charge in [0.25, 0.3) is 0 Å². The second-order valence-electron chi connectivity index (χ2n) is 3.32. The highest BCUT2D eigenvalue weighted by atomic mass is 13.9. The Kier molecular flexibility index (Phi) is 7.38. The molecule has 0 nitrogen and oxygen atoms in total. The number of hydrogen-bond acceptors (Lipinski definition) is 0. The summed E-state index contributed by atoms with van der Waals surface area (Å²) in [7, 11) is 0. The molecule has 0 aliphatic carbocycles. The van der Waals surface area contributed by atoms with Gasteiger partial charge in [-0.25, -0.2) is 0 Å². The van der Waals surface area contributed by atoms with Gasteiger partial charge < -0.3 is 0 Å². The Balaban J connectivity index is 4.13. The summed E-state index contributed by atoms with van der Waals surface area (Å²) in [4.78, 5) is 0. The zero-order chi connectivity index (χ0) is 10.1. The number of allylic oxidation sites excluding steroid dienone is 6. The van der Waals surface area contributed by atoms with Crippen LogP contribution in [0.25, 0.3) is 0 Å². The fraction of sp³-hybridized carbons (Fsp3) is 0.538. The zero-order valence-electron chi connectivity index (χ0n) is 9.43. The third-order valence-corrected chi connectivity index (χ3v) is 2.19. The van der Waals surface area contributed by atoms with Gasteiger partial charge in [-0.3, -0.25) is 0 Å². The van der Waals surface area contributed by atoms with Gasteiger partial charge in [0.05, 0.1) is 0 Å². The van der Waals surface area contributed by atoms with Gasteiger partial charge >= 0.3 is 0 Å². The topological polar surface area (TPSA) is 0 Å². The largest absolute Gasteiger partial charge is 0.0913 e. The lowest BCUT2D eigenvalue weighted by atomic mass is 10.1. The van der Waals surface area contributed by atoms with Gasteiger partial charge in [0.1, 0.15) is 0 Å². The predicted molar refractivity (Wildman–Crippen MR) is 61.9 cm³/mol. The quantitative estimate of drug-likeness (QED) is 0.425. The third-order valence-electron chi connectivity index (χ3n) is 2.19. The highest BCUT2D eigenvalue weighted by molar-refractivity contribution is 5.17. The Bertz CT molecular complexity index is 198. The van der Waals surface area contributed by atoms with Crippen LogP contribution in [0.5, 0.6) is 0 Å². The first-order valence-corrected chi connectivity index (χ1v) is 5.20. The van der Waals surface area contributed by atoms with Crippen LogP contribution in [0.1, 0.15) is 47.0 Å². The van der Waals surface area contributed by atoms with E-state index in [0.29, 0.717) is 0 Å². The molecule has 0 amide bonds. The third kappa shape index (κ3) is 6.39. The minimum Gasteiger partial charge on any atom is -0.0913 e. The van der Waals surface area contributed by atoms with E-state index >= 15 is 0 Å². The van der Waals surface area contributed by atoms with Crippen LogP contribution < -0.4 is 0 Å². The van der Waals surface area contributed by atoms with Crippen molar-refractivity contribution in [1.82, 2.24) is 0 Å². The van der Waals surface area contributed by atoms with E-state index in [9.17, 15) is 0 Å². The molecule has 0 aromatic carbocycles. The SMILES string of the molecule is C/C=C\C/C(C)=C/C=C(CC)CC. The Morgan fingerprint density at radius 2 is 1.69 bits per heavy atom. The fourth-order valence-electron chi connectivity index (χ4n) is 1.12. The maximum Gasteiger partial charge on any atom is -0.0139 e. The summed E-state index contributed by atoms with van der Waals surface area (Å²) in [5.41, 5.74) is 2.96. The monoisotopic (exact) mass is 178 g/mol. The van der Waals surface area contributed by atoms with Crippen molar-refractivity contribution in [3.05, 3.63) is 35.5 Å². The van der Waals surface area contributed by atoms with E-state index in [1.54, 1.807) is 0 Å². The maximum atomic E-state index is 2.26. The van der Waals surface area contributed by atoms with E-state index in [1.165, 1.54) is 24.0 Å². The molecule has 0 N–H and O–H groups in total. The number of hydrogen-bond donors (Lipinski definition) is 0. The lowest BCUT2D eigenvalue weighted by Crippen LogP contribution is -1.77. The Morgan fingerprint density at radius 3 is 2.15 bits per heavy atom. The lowest BCUT2D eigenvalue weighted by Gasteiger charge is -1.97. The summed E-state index contributed by atoms with van der Waals surface area (Å²) in [5, 5.41) is 0. The van der Waals surface area contributed by atoms with Crippen LogP contribution in [-0.2, 0) is 0 Å². The van der Waals surface area contributed by atoms with Crippen molar-refractivity contribution >= 4 is 0 Å². The summed E-state index contributed by atoms with van der Waals surface area (Å²) in [6.45, 7) is 8.67. The van der Waals surface area contributed by atoms with Crippen molar-refractivity contribution < 1.29 is 0 Å². The molecule has 0 bridgehead atoms. The van der Waals surface area contributed by atoms with Crippen LogP contribution in [0.3, 0.4) is 0 Å². The van der Waals surface area contributed by atoms with Gasteiger partial charge in [0.2, 0.25) is 0 Å². The van der Waals surface area contributed by atoms with Gasteiger partial charge in [-0.05, 0) is 33.1 Å². The summed E-state index contributed by atoms with van der Waals surface area (Å²) < 4.78 is 0. The van der Waals surface area contributed by atoms with Gasteiger partial charge in [0.15, 0.2) is 0 Å². The summed E-state index contributed by atoms with van der Waals surface area (Å²) in [6, 6.07) is 0. The van der Waals surface area contributed by atoms with Crippen LogP contribution >= 0.6 is 0 Å². The average molecular weight is 178 g/mol.